The summed E-state index contributed by atoms with van der Waals surface area (Å²) in [7, 11) is 0. The maximum atomic E-state index is 6.44. The van der Waals surface area contributed by atoms with Crippen LogP contribution in [0.5, 0.6) is 0 Å². The smallest absolute Gasteiger partial charge is 0.0726 e. The van der Waals surface area contributed by atoms with Gasteiger partial charge in [0.15, 0.2) is 0 Å². The summed E-state index contributed by atoms with van der Waals surface area (Å²) in [5.41, 5.74) is 2.43. The first-order chi connectivity index (χ1) is 9.97. The first kappa shape index (κ1) is 16.6. The lowest BCUT2D eigenvalue weighted by Crippen LogP contribution is -2.46. The van der Waals surface area contributed by atoms with Crippen LogP contribution in [0.3, 0.4) is 0 Å². The molecule has 1 aliphatic rings. The second-order valence-electron chi connectivity index (χ2n) is 6.42. The van der Waals surface area contributed by atoms with Crippen LogP contribution in [-0.2, 0) is 11.3 Å². The second kappa shape index (κ2) is 7.48. The lowest BCUT2D eigenvalue weighted by molar-refractivity contribution is -0.00526. The van der Waals surface area contributed by atoms with Gasteiger partial charge in [0, 0.05) is 35.9 Å². The molecule has 0 amide bonds. The number of nitrogens with zero attached hydrogens (tertiary/aromatic N) is 1. The summed E-state index contributed by atoms with van der Waals surface area (Å²) in [5, 5.41) is 4.34. The van der Waals surface area contributed by atoms with Gasteiger partial charge in [0.1, 0.15) is 0 Å². The summed E-state index contributed by atoms with van der Waals surface area (Å²) in [4.78, 5) is 2.40. The molecule has 0 bridgehead atoms. The van der Waals surface area contributed by atoms with Crippen molar-refractivity contribution >= 4 is 17.3 Å². The van der Waals surface area contributed by atoms with Gasteiger partial charge in [0.2, 0.25) is 0 Å². The molecule has 1 heterocycles. The number of hydrogen-bond donors (Lipinski definition) is 1. The summed E-state index contributed by atoms with van der Waals surface area (Å²) >= 11 is 6.44. The third-order valence-electron chi connectivity index (χ3n) is 3.71. The average Bonchev–Trinajstić information content (AvgIpc) is 2.39. The molecule has 2 unspecified atom stereocenters. The van der Waals surface area contributed by atoms with E-state index in [4.69, 9.17) is 16.3 Å². The van der Waals surface area contributed by atoms with Crippen LogP contribution in [0.25, 0.3) is 0 Å². The van der Waals surface area contributed by atoms with Gasteiger partial charge in [-0.15, -0.1) is 0 Å². The number of morpholine rings is 1. The van der Waals surface area contributed by atoms with E-state index in [0.717, 1.165) is 31.2 Å². The third kappa shape index (κ3) is 4.60. The SMILES string of the molecule is CC(C)CNCc1c(Cl)cccc1N1CC(C)OC(C)C1. The Morgan fingerprint density at radius 1 is 1.29 bits per heavy atom. The number of nitrogens with one attached hydrogen (secondary N) is 1. The lowest BCUT2D eigenvalue weighted by atomic mass is 10.1. The van der Waals surface area contributed by atoms with Crippen LogP contribution in [0.4, 0.5) is 5.69 Å². The molecule has 1 aromatic carbocycles. The Balaban J connectivity index is 2.16. The zero-order chi connectivity index (χ0) is 15.4. The van der Waals surface area contributed by atoms with Crippen LogP contribution in [0.1, 0.15) is 33.3 Å². The largest absolute Gasteiger partial charge is 0.372 e. The monoisotopic (exact) mass is 310 g/mol. The van der Waals surface area contributed by atoms with Gasteiger partial charge in [0.25, 0.3) is 0 Å². The van der Waals surface area contributed by atoms with E-state index in [-0.39, 0.29) is 12.2 Å². The molecule has 0 aromatic heterocycles. The molecule has 0 saturated carbocycles. The number of rotatable bonds is 5. The van der Waals surface area contributed by atoms with Crippen molar-refractivity contribution in [3.05, 3.63) is 28.8 Å². The normalized spacial score (nSPS) is 22.9. The van der Waals surface area contributed by atoms with Crippen LogP contribution in [-0.4, -0.2) is 31.8 Å². The molecule has 2 atom stereocenters. The predicted molar refractivity (Wildman–Crippen MR) is 90.2 cm³/mol. The highest BCUT2D eigenvalue weighted by molar-refractivity contribution is 6.31. The average molecular weight is 311 g/mol. The van der Waals surface area contributed by atoms with E-state index in [0.29, 0.717) is 5.92 Å². The fraction of sp³-hybridized carbons (Fsp3) is 0.647. The minimum atomic E-state index is 0.254. The van der Waals surface area contributed by atoms with Gasteiger partial charge in [-0.3, -0.25) is 0 Å². The number of halogens is 1. The molecule has 4 heteroatoms. The molecule has 0 spiro atoms. The van der Waals surface area contributed by atoms with Crippen molar-refractivity contribution in [3.8, 4) is 0 Å². The standard InChI is InChI=1S/C17H27ClN2O/c1-12(2)8-19-9-15-16(18)6-5-7-17(15)20-10-13(3)21-14(4)11-20/h5-7,12-14,19H,8-11H2,1-4H3. The molecule has 1 N–H and O–H groups in total. The maximum Gasteiger partial charge on any atom is 0.0726 e. The molecule has 1 fully saturated rings. The highest BCUT2D eigenvalue weighted by Gasteiger charge is 2.24. The van der Waals surface area contributed by atoms with E-state index < -0.39 is 0 Å². The minimum absolute atomic E-state index is 0.254. The lowest BCUT2D eigenvalue weighted by Gasteiger charge is -2.38. The zero-order valence-corrected chi connectivity index (χ0v) is 14.3. The predicted octanol–water partition coefficient (Wildman–Crippen LogP) is 3.70. The van der Waals surface area contributed by atoms with Gasteiger partial charge in [0.05, 0.1) is 12.2 Å². The minimum Gasteiger partial charge on any atom is -0.372 e. The number of ether oxygens (including phenoxy) is 1. The van der Waals surface area contributed by atoms with Crippen molar-refractivity contribution in [2.45, 2.75) is 46.4 Å². The van der Waals surface area contributed by atoms with Gasteiger partial charge in [-0.05, 0) is 38.4 Å². The van der Waals surface area contributed by atoms with Crippen LogP contribution in [0.2, 0.25) is 5.02 Å². The molecular formula is C17H27ClN2O. The molecule has 2 rings (SSSR count). The van der Waals surface area contributed by atoms with E-state index in [2.05, 4.69) is 44.0 Å². The highest BCUT2D eigenvalue weighted by atomic mass is 35.5. The summed E-state index contributed by atoms with van der Waals surface area (Å²) in [6, 6.07) is 6.18. The van der Waals surface area contributed by atoms with Gasteiger partial charge in [-0.25, -0.2) is 0 Å². The summed E-state index contributed by atoms with van der Waals surface area (Å²) < 4.78 is 5.83. The van der Waals surface area contributed by atoms with Crippen LogP contribution >= 0.6 is 11.6 Å². The molecule has 21 heavy (non-hydrogen) atoms. The van der Waals surface area contributed by atoms with Crippen molar-refractivity contribution in [1.82, 2.24) is 5.32 Å². The quantitative estimate of drug-likeness (QED) is 0.897. The first-order valence-corrected chi connectivity index (χ1v) is 8.23. The number of benzene rings is 1. The maximum absolute atomic E-state index is 6.44. The highest BCUT2D eigenvalue weighted by Crippen LogP contribution is 2.29. The Bertz CT molecular complexity index is 454. The van der Waals surface area contributed by atoms with Crippen LogP contribution in [0.15, 0.2) is 18.2 Å². The van der Waals surface area contributed by atoms with Gasteiger partial charge >= 0.3 is 0 Å². The zero-order valence-electron chi connectivity index (χ0n) is 13.5. The van der Waals surface area contributed by atoms with Crippen LogP contribution < -0.4 is 10.2 Å². The van der Waals surface area contributed by atoms with Crippen molar-refractivity contribution in [1.29, 1.82) is 0 Å². The Morgan fingerprint density at radius 2 is 1.95 bits per heavy atom. The number of anilines is 1. The fourth-order valence-electron chi connectivity index (χ4n) is 2.88. The second-order valence-corrected chi connectivity index (χ2v) is 6.83. The van der Waals surface area contributed by atoms with Crippen molar-refractivity contribution in [3.63, 3.8) is 0 Å². The molecule has 3 nitrogen and oxygen atoms in total. The van der Waals surface area contributed by atoms with Gasteiger partial charge in [-0.2, -0.15) is 0 Å². The van der Waals surface area contributed by atoms with Gasteiger partial charge in [-0.1, -0.05) is 31.5 Å². The van der Waals surface area contributed by atoms with Gasteiger partial charge < -0.3 is 15.0 Å². The Kier molecular flexibility index (Phi) is 5.91. The van der Waals surface area contributed by atoms with Crippen molar-refractivity contribution < 1.29 is 4.74 Å². The molecule has 1 aliphatic heterocycles. The Hall–Kier alpha value is -0.770. The van der Waals surface area contributed by atoms with E-state index in [9.17, 15) is 0 Å². The Morgan fingerprint density at radius 3 is 2.57 bits per heavy atom. The summed E-state index contributed by atoms with van der Waals surface area (Å²) in [6.07, 6.45) is 0.508. The molecular weight excluding hydrogens is 284 g/mol. The van der Waals surface area contributed by atoms with Crippen molar-refractivity contribution in [2.75, 3.05) is 24.5 Å². The third-order valence-corrected chi connectivity index (χ3v) is 4.06. The first-order valence-electron chi connectivity index (χ1n) is 7.86. The summed E-state index contributed by atoms with van der Waals surface area (Å²) in [6.45, 7) is 12.3. The van der Waals surface area contributed by atoms with E-state index in [1.54, 1.807) is 0 Å². The summed E-state index contributed by atoms with van der Waals surface area (Å²) in [5.74, 6) is 0.638. The molecule has 0 aliphatic carbocycles. The molecule has 118 valence electrons. The molecule has 1 saturated heterocycles. The van der Waals surface area contributed by atoms with Crippen LogP contribution in [0, 0.1) is 5.92 Å². The fourth-order valence-corrected chi connectivity index (χ4v) is 3.12. The van der Waals surface area contributed by atoms with E-state index in [1.165, 1.54) is 11.3 Å². The van der Waals surface area contributed by atoms with Crippen molar-refractivity contribution in [2.24, 2.45) is 5.92 Å². The van der Waals surface area contributed by atoms with E-state index in [1.807, 2.05) is 12.1 Å². The van der Waals surface area contributed by atoms with E-state index >= 15 is 0 Å². The number of hydrogen-bond acceptors (Lipinski definition) is 3. The topological polar surface area (TPSA) is 24.5 Å². The Labute approximate surface area is 133 Å². The molecule has 0 radical (unpaired) electrons. The molecule has 1 aromatic rings.